The molecule has 0 aromatic heterocycles. The minimum absolute atomic E-state index is 0.115. The third-order valence-corrected chi connectivity index (χ3v) is 5.16. The molecule has 1 aliphatic rings. The molecule has 0 amide bonds. The van der Waals surface area contributed by atoms with Gasteiger partial charge in [0.15, 0.2) is 0 Å². The second-order valence-corrected chi connectivity index (χ2v) is 7.56. The summed E-state index contributed by atoms with van der Waals surface area (Å²) in [6.45, 7) is 14.6. The smallest absolute Gasteiger partial charge is 0.123 e. The summed E-state index contributed by atoms with van der Waals surface area (Å²) in [5.74, 6) is 1.06. The Balaban J connectivity index is 2.17. The van der Waals surface area contributed by atoms with Crippen molar-refractivity contribution in [1.82, 2.24) is 5.32 Å². The van der Waals surface area contributed by atoms with Gasteiger partial charge in [-0.15, -0.1) is 0 Å². The van der Waals surface area contributed by atoms with Gasteiger partial charge in [-0.1, -0.05) is 59.7 Å². The number of ether oxygens (including phenoxy) is 1. The number of nitrogens with one attached hydrogen (secondary N) is 1. The lowest BCUT2D eigenvalue weighted by Crippen LogP contribution is -2.63. The van der Waals surface area contributed by atoms with Crippen molar-refractivity contribution >= 4 is 0 Å². The van der Waals surface area contributed by atoms with Gasteiger partial charge in [-0.2, -0.15) is 0 Å². The van der Waals surface area contributed by atoms with Crippen LogP contribution in [0.15, 0.2) is 24.3 Å². The van der Waals surface area contributed by atoms with Crippen LogP contribution in [0.2, 0.25) is 0 Å². The summed E-state index contributed by atoms with van der Waals surface area (Å²) in [5.41, 5.74) is 1.65. The van der Waals surface area contributed by atoms with E-state index in [0.717, 1.165) is 25.1 Å². The molecule has 1 aromatic carbocycles. The molecule has 1 aromatic rings. The van der Waals surface area contributed by atoms with Crippen molar-refractivity contribution < 1.29 is 4.74 Å². The van der Waals surface area contributed by atoms with Crippen LogP contribution < -0.4 is 10.1 Å². The first-order valence-electron chi connectivity index (χ1n) is 8.32. The van der Waals surface area contributed by atoms with E-state index in [1.54, 1.807) is 0 Å². The van der Waals surface area contributed by atoms with E-state index in [4.69, 9.17) is 4.74 Å². The van der Waals surface area contributed by atoms with Gasteiger partial charge in [0.1, 0.15) is 11.9 Å². The second-order valence-electron chi connectivity index (χ2n) is 7.56. The fourth-order valence-corrected chi connectivity index (χ4v) is 3.38. The summed E-state index contributed by atoms with van der Waals surface area (Å²) < 4.78 is 6.45. The summed E-state index contributed by atoms with van der Waals surface area (Å²) in [5, 5.41) is 3.60. The van der Waals surface area contributed by atoms with Crippen molar-refractivity contribution in [2.24, 2.45) is 5.41 Å². The van der Waals surface area contributed by atoms with E-state index in [2.05, 4.69) is 71.1 Å². The first-order valence-corrected chi connectivity index (χ1v) is 8.32. The topological polar surface area (TPSA) is 21.3 Å². The molecule has 3 unspecified atom stereocenters. The Hall–Kier alpha value is -1.02. The van der Waals surface area contributed by atoms with Crippen LogP contribution in [0.4, 0.5) is 0 Å². The lowest BCUT2D eigenvalue weighted by molar-refractivity contribution is -0.0703. The Morgan fingerprint density at radius 3 is 2.48 bits per heavy atom. The zero-order chi connectivity index (χ0) is 15.7. The number of hydrogen-bond donors (Lipinski definition) is 1. The molecule has 118 valence electrons. The first-order chi connectivity index (χ1) is 9.82. The highest BCUT2D eigenvalue weighted by Gasteiger charge is 2.51. The van der Waals surface area contributed by atoms with Crippen LogP contribution in [-0.4, -0.2) is 18.7 Å². The van der Waals surface area contributed by atoms with Gasteiger partial charge in [0.25, 0.3) is 0 Å². The molecule has 1 N–H and O–H groups in total. The van der Waals surface area contributed by atoms with Gasteiger partial charge in [-0.3, -0.25) is 0 Å². The van der Waals surface area contributed by atoms with E-state index >= 15 is 0 Å². The van der Waals surface area contributed by atoms with E-state index in [0.29, 0.717) is 12.1 Å². The fourth-order valence-electron chi connectivity index (χ4n) is 3.38. The van der Waals surface area contributed by atoms with Crippen molar-refractivity contribution in [2.75, 3.05) is 6.54 Å². The molecule has 1 fully saturated rings. The molecule has 0 aliphatic heterocycles. The summed E-state index contributed by atoms with van der Waals surface area (Å²) in [4.78, 5) is 0. The molecule has 1 aliphatic carbocycles. The fraction of sp³-hybridized carbons (Fsp3) is 0.684. The Kier molecular flexibility index (Phi) is 4.67. The Morgan fingerprint density at radius 2 is 1.90 bits per heavy atom. The largest absolute Gasteiger partial charge is 0.489 e. The predicted molar refractivity (Wildman–Crippen MR) is 90.0 cm³/mol. The van der Waals surface area contributed by atoms with E-state index in [1.165, 1.54) is 5.56 Å². The summed E-state index contributed by atoms with van der Waals surface area (Å²) in [6.07, 6.45) is 2.57. The Bertz CT molecular complexity index is 477. The third kappa shape index (κ3) is 3.11. The standard InChI is InChI=1S/C19H31NO/c1-7-19(6)16(20-8-2)13-17(19)21-15-12-10-9-11-14(15)18(3,4)5/h9-12,16-17,20H,7-8,13H2,1-6H3. The maximum atomic E-state index is 6.45. The van der Waals surface area contributed by atoms with Crippen LogP contribution in [0.3, 0.4) is 0 Å². The van der Waals surface area contributed by atoms with Gasteiger partial charge in [0.05, 0.1) is 0 Å². The zero-order valence-electron chi connectivity index (χ0n) is 14.5. The minimum atomic E-state index is 0.115. The van der Waals surface area contributed by atoms with Gasteiger partial charge in [-0.25, -0.2) is 0 Å². The predicted octanol–water partition coefficient (Wildman–Crippen LogP) is 4.53. The normalized spacial score (nSPS) is 29.0. The quantitative estimate of drug-likeness (QED) is 0.860. The maximum absolute atomic E-state index is 6.45. The van der Waals surface area contributed by atoms with Gasteiger partial charge in [-0.05, 0) is 30.0 Å². The van der Waals surface area contributed by atoms with Crippen LogP contribution in [0.1, 0.15) is 59.9 Å². The molecule has 0 bridgehead atoms. The summed E-state index contributed by atoms with van der Waals surface area (Å²) in [6, 6.07) is 9.08. The number of rotatable bonds is 5. The van der Waals surface area contributed by atoms with Crippen molar-refractivity contribution in [3.05, 3.63) is 29.8 Å². The average molecular weight is 289 g/mol. The highest BCUT2D eigenvalue weighted by atomic mass is 16.5. The maximum Gasteiger partial charge on any atom is 0.123 e. The van der Waals surface area contributed by atoms with Crippen LogP contribution in [-0.2, 0) is 5.41 Å². The Morgan fingerprint density at radius 1 is 1.24 bits per heavy atom. The third-order valence-electron chi connectivity index (χ3n) is 5.16. The molecule has 0 radical (unpaired) electrons. The zero-order valence-corrected chi connectivity index (χ0v) is 14.5. The van der Waals surface area contributed by atoms with Crippen LogP contribution in [0.25, 0.3) is 0 Å². The average Bonchev–Trinajstić information content (AvgIpc) is 2.44. The molecule has 2 heteroatoms. The van der Waals surface area contributed by atoms with Crippen molar-refractivity contribution in [3.63, 3.8) is 0 Å². The first kappa shape index (κ1) is 16.4. The van der Waals surface area contributed by atoms with E-state index in [1.807, 2.05) is 0 Å². The monoisotopic (exact) mass is 289 g/mol. The molecule has 0 heterocycles. The van der Waals surface area contributed by atoms with Crippen LogP contribution in [0.5, 0.6) is 5.75 Å². The Labute approximate surface area is 130 Å². The number of para-hydroxylation sites is 1. The summed E-state index contributed by atoms with van der Waals surface area (Å²) in [7, 11) is 0. The van der Waals surface area contributed by atoms with E-state index in [-0.39, 0.29) is 10.8 Å². The van der Waals surface area contributed by atoms with Gasteiger partial charge >= 0.3 is 0 Å². The molecular formula is C19H31NO. The van der Waals surface area contributed by atoms with E-state index in [9.17, 15) is 0 Å². The molecule has 0 spiro atoms. The van der Waals surface area contributed by atoms with Gasteiger partial charge in [0.2, 0.25) is 0 Å². The van der Waals surface area contributed by atoms with Crippen molar-refractivity contribution in [1.29, 1.82) is 0 Å². The molecule has 2 rings (SSSR count). The lowest BCUT2D eigenvalue weighted by atomic mass is 9.61. The molecular weight excluding hydrogens is 258 g/mol. The SMILES string of the molecule is CCNC1CC(Oc2ccccc2C(C)(C)C)C1(C)CC. The van der Waals surface area contributed by atoms with Gasteiger partial charge < -0.3 is 10.1 Å². The van der Waals surface area contributed by atoms with Gasteiger partial charge in [0, 0.05) is 17.9 Å². The molecule has 3 atom stereocenters. The minimum Gasteiger partial charge on any atom is -0.489 e. The van der Waals surface area contributed by atoms with Crippen molar-refractivity contribution in [2.45, 2.75) is 71.9 Å². The molecule has 21 heavy (non-hydrogen) atoms. The number of hydrogen-bond acceptors (Lipinski definition) is 2. The highest BCUT2D eigenvalue weighted by molar-refractivity contribution is 5.38. The molecule has 1 saturated carbocycles. The van der Waals surface area contributed by atoms with Crippen LogP contribution >= 0.6 is 0 Å². The molecule has 0 saturated heterocycles. The van der Waals surface area contributed by atoms with E-state index < -0.39 is 0 Å². The lowest BCUT2D eigenvalue weighted by Gasteiger charge is -2.53. The molecule has 2 nitrogen and oxygen atoms in total. The van der Waals surface area contributed by atoms with Crippen LogP contribution in [0, 0.1) is 5.41 Å². The van der Waals surface area contributed by atoms with Crippen molar-refractivity contribution in [3.8, 4) is 5.75 Å². The highest BCUT2D eigenvalue weighted by Crippen LogP contribution is 2.47. The summed E-state index contributed by atoms with van der Waals surface area (Å²) >= 11 is 0. The number of benzene rings is 1. The second kappa shape index (κ2) is 6.00.